The van der Waals surface area contributed by atoms with Gasteiger partial charge in [0, 0.05) is 25.7 Å². The number of nitrogens with zero attached hydrogens (tertiary/aromatic N) is 2. The highest BCUT2D eigenvalue weighted by molar-refractivity contribution is 5.77. The molecule has 2 N–H and O–H groups in total. The third-order valence-corrected chi connectivity index (χ3v) is 3.67. The number of hydrogen-bond donors (Lipinski definition) is 2. The summed E-state index contributed by atoms with van der Waals surface area (Å²) in [6.45, 7) is 4.79. The fourth-order valence-corrected chi connectivity index (χ4v) is 2.04. The predicted octanol–water partition coefficient (Wildman–Crippen LogP) is 0.833. The van der Waals surface area contributed by atoms with Gasteiger partial charge < -0.3 is 20.2 Å². The van der Waals surface area contributed by atoms with Gasteiger partial charge in [-0.25, -0.2) is 4.79 Å². The van der Waals surface area contributed by atoms with Crippen molar-refractivity contribution in [2.45, 2.75) is 32.7 Å². The van der Waals surface area contributed by atoms with Gasteiger partial charge in [0.2, 0.25) is 0 Å². The van der Waals surface area contributed by atoms with Crippen molar-refractivity contribution in [2.75, 3.05) is 33.7 Å². The Labute approximate surface area is 114 Å². The zero-order chi connectivity index (χ0) is 14.6. The molecule has 19 heavy (non-hydrogen) atoms. The summed E-state index contributed by atoms with van der Waals surface area (Å²) in [7, 11) is 4.03. The van der Waals surface area contributed by atoms with Crippen LogP contribution in [0.25, 0.3) is 0 Å². The lowest BCUT2D eigenvalue weighted by molar-refractivity contribution is -0.146. The molecule has 1 fully saturated rings. The van der Waals surface area contributed by atoms with Crippen LogP contribution in [0.4, 0.5) is 4.79 Å². The Bertz CT molecular complexity index is 342. The van der Waals surface area contributed by atoms with Crippen LogP contribution >= 0.6 is 0 Å². The number of rotatable bonds is 4. The number of carbonyl (C=O) groups is 2. The second-order valence-electron chi connectivity index (χ2n) is 6.05. The van der Waals surface area contributed by atoms with Crippen LogP contribution in [-0.4, -0.2) is 66.7 Å². The molecule has 1 atom stereocenters. The third kappa shape index (κ3) is 4.38. The Morgan fingerprint density at radius 2 is 2.05 bits per heavy atom. The van der Waals surface area contributed by atoms with Crippen molar-refractivity contribution in [3.63, 3.8) is 0 Å². The molecule has 0 aliphatic carbocycles. The lowest BCUT2D eigenvalue weighted by Gasteiger charge is -2.36. The summed E-state index contributed by atoms with van der Waals surface area (Å²) in [5, 5.41) is 11.7. The van der Waals surface area contributed by atoms with Crippen LogP contribution in [0.1, 0.15) is 26.7 Å². The van der Waals surface area contributed by atoms with Gasteiger partial charge in [0.25, 0.3) is 0 Å². The van der Waals surface area contributed by atoms with Crippen molar-refractivity contribution in [3.05, 3.63) is 0 Å². The molecule has 1 heterocycles. The first kappa shape index (κ1) is 15.8. The highest BCUT2D eigenvalue weighted by Gasteiger charge is 2.30. The number of carboxylic acids is 1. The lowest BCUT2D eigenvalue weighted by atomic mass is 9.94. The normalized spacial score (nSPS) is 20.5. The Morgan fingerprint density at radius 1 is 1.42 bits per heavy atom. The number of piperidine rings is 1. The molecule has 1 rings (SSSR count). The molecule has 0 bridgehead atoms. The van der Waals surface area contributed by atoms with Crippen LogP contribution in [-0.2, 0) is 4.79 Å². The monoisotopic (exact) mass is 271 g/mol. The van der Waals surface area contributed by atoms with Gasteiger partial charge in [-0.05, 0) is 40.8 Å². The van der Waals surface area contributed by atoms with Crippen molar-refractivity contribution in [3.8, 4) is 0 Å². The van der Waals surface area contributed by atoms with Crippen LogP contribution in [0.3, 0.4) is 0 Å². The molecule has 1 saturated heterocycles. The summed E-state index contributed by atoms with van der Waals surface area (Å²) >= 11 is 0. The van der Waals surface area contributed by atoms with Crippen molar-refractivity contribution >= 4 is 12.0 Å². The number of urea groups is 1. The summed E-state index contributed by atoms with van der Waals surface area (Å²) in [6, 6.07) is 0.216. The van der Waals surface area contributed by atoms with E-state index < -0.39 is 11.4 Å². The first-order valence-electron chi connectivity index (χ1n) is 6.66. The van der Waals surface area contributed by atoms with Crippen molar-refractivity contribution < 1.29 is 14.7 Å². The molecule has 1 aliphatic heterocycles. The first-order chi connectivity index (χ1) is 8.74. The molecule has 1 aliphatic rings. The summed E-state index contributed by atoms with van der Waals surface area (Å²) in [5.74, 6) is -0.905. The summed E-state index contributed by atoms with van der Waals surface area (Å²) in [6.07, 6.45) is 2.08. The maximum Gasteiger partial charge on any atom is 0.317 e. The Morgan fingerprint density at radius 3 is 2.58 bits per heavy atom. The molecule has 110 valence electrons. The summed E-state index contributed by atoms with van der Waals surface area (Å²) in [4.78, 5) is 26.9. The van der Waals surface area contributed by atoms with E-state index in [1.807, 2.05) is 14.1 Å². The SMILES string of the molecule is CN(C)C1CCCN(C(=O)NCC(C)(C)C(=O)O)C1. The van der Waals surface area contributed by atoms with Crippen molar-refractivity contribution in [1.29, 1.82) is 0 Å². The number of nitrogens with one attached hydrogen (secondary N) is 1. The fourth-order valence-electron chi connectivity index (χ4n) is 2.04. The van der Waals surface area contributed by atoms with E-state index in [0.717, 1.165) is 19.4 Å². The molecular formula is C13H25N3O3. The van der Waals surface area contributed by atoms with Gasteiger partial charge in [0.1, 0.15) is 0 Å². The molecule has 0 aromatic rings. The Balaban J connectivity index is 2.47. The van der Waals surface area contributed by atoms with Crippen LogP contribution in [0.5, 0.6) is 0 Å². The van der Waals surface area contributed by atoms with E-state index in [1.165, 1.54) is 0 Å². The Kier molecular flexibility index (Phi) is 5.17. The van der Waals surface area contributed by atoms with Gasteiger partial charge in [-0.1, -0.05) is 0 Å². The number of carbonyl (C=O) groups excluding carboxylic acids is 1. The van der Waals surface area contributed by atoms with Crippen LogP contribution in [0.15, 0.2) is 0 Å². The number of likely N-dealkylation sites (tertiary alicyclic amines) is 1. The summed E-state index contributed by atoms with van der Waals surface area (Å²) < 4.78 is 0. The molecular weight excluding hydrogens is 246 g/mol. The average Bonchev–Trinajstić information content (AvgIpc) is 2.36. The molecule has 0 radical (unpaired) electrons. The molecule has 6 nitrogen and oxygen atoms in total. The molecule has 2 amide bonds. The number of aliphatic carboxylic acids is 1. The molecule has 0 aromatic carbocycles. The minimum absolute atomic E-state index is 0.143. The highest BCUT2D eigenvalue weighted by atomic mass is 16.4. The zero-order valence-corrected chi connectivity index (χ0v) is 12.3. The smallest absolute Gasteiger partial charge is 0.317 e. The molecule has 1 unspecified atom stereocenters. The van der Waals surface area contributed by atoms with E-state index in [9.17, 15) is 9.59 Å². The van der Waals surface area contributed by atoms with E-state index in [4.69, 9.17) is 5.11 Å². The van der Waals surface area contributed by atoms with E-state index in [2.05, 4.69) is 10.2 Å². The van der Waals surface area contributed by atoms with Gasteiger partial charge in [-0.15, -0.1) is 0 Å². The van der Waals surface area contributed by atoms with Gasteiger partial charge in [0.15, 0.2) is 0 Å². The largest absolute Gasteiger partial charge is 0.481 e. The van der Waals surface area contributed by atoms with E-state index in [1.54, 1.807) is 18.7 Å². The van der Waals surface area contributed by atoms with Gasteiger partial charge in [-0.2, -0.15) is 0 Å². The van der Waals surface area contributed by atoms with Crippen LogP contribution < -0.4 is 5.32 Å². The van der Waals surface area contributed by atoms with Crippen LogP contribution in [0, 0.1) is 5.41 Å². The number of carboxylic acid groups (broad SMARTS) is 1. The maximum atomic E-state index is 12.0. The van der Waals surface area contributed by atoms with Gasteiger partial charge >= 0.3 is 12.0 Å². The maximum absolute atomic E-state index is 12.0. The highest BCUT2D eigenvalue weighted by Crippen LogP contribution is 2.16. The minimum Gasteiger partial charge on any atom is -0.481 e. The first-order valence-corrected chi connectivity index (χ1v) is 6.66. The number of amides is 2. The zero-order valence-electron chi connectivity index (χ0n) is 12.3. The van der Waals surface area contributed by atoms with E-state index in [0.29, 0.717) is 12.6 Å². The average molecular weight is 271 g/mol. The van der Waals surface area contributed by atoms with Crippen molar-refractivity contribution in [1.82, 2.24) is 15.1 Å². The fraction of sp³-hybridized carbons (Fsp3) is 0.846. The van der Waals surface area contributed by atoms with Gasteiger partial charge in [0.05, 0.1) is 5.41 Å². The van der Waals surface area contributed by atoms with Crippen molar-refractivity contribution in [2.24, 2.45) is 5.41 Å². The van der Waals surface area contributed by atoms with Crippen LogP contribution in [0.2, 0.25) is 0 Å². The number of hydrogen-bond acceptors (Lipinski definition) is 3. The molecule has 0 aromatic heterocycles. The minimum atomic E-state index is -0.938. The van der Waals surface area contributed by atoms with E-state index >= 15 is 0 Å². The lowest BCUT2D eigenvalue weighted by Crippen LogP contribution is -2.52. The standard InChI is InChI=1S/C13H25N3O3/c1-13(2,11(17)18)9-14-12(19)16-7-5-6-10(8-16)15(3)4/h10H,5-9H2,1-4H3,(H,14,19)(H,17,18). The van der Waals surface area contributed by atoms with E-state index in [-0.39, 0.29) is 12.6 Å². The second kappa shape index (κ2) is 6.23. The third-order valence-electron chi connectivity index (χ3n) is 3.67. The van der Waals surface area contributed by atoms with Gasteiger partial charge in [-0.3, -0.25) is 4.79 Å². The number of likely N-dealkylation sites (N-methyl/N-ethyl adjacent to an activating group) is 1. The second-order valence-corrected chi connectivity index (χ2v) is 6.05. The topological polar surface area (TPSA) is 72.9 Å². The summed E-state index contributed by atoms with van der Waals surface area (Å²) in [5.41, 5.74) is -0.938. The molecule has 0 spiro atoms. The quantitative estimate of drug-likeness (QED) is 0.794. The molecule has 6 heteroatoms. The Hall–Kier alpha value is -1.30. The molecule has 0 saturated carbocycles. The predicted molar refractivity (Wildman–Crippen MR) is 73.1 cm³/mol.